The number of aryl methyl sites for hydroxylation is 1. The molecule has 0 bridgehead atoms. The molecule has 0 fully saturated rings. The largest absolute Gasteiger partial charge is 0.398 e. The topological polar surface area (TPSA) is 141 Å². The van der Waals surface area contributed by atoms with Gasteiger partial charge >= 0.3 is 0 Å². The number of nitrogens with one attached hydrogen (secondary N) is 4. The number of nitrogen functional groups attached to an aromatic ring is 1. The predicted molar refractivity (Wildman–Crippen MR) is 110 cm³/mol. The molecule has 30 heavy (non-hydrogen) atoms. The van der Waals surface area contributed by atoms with Gasteiger partial charge in [-0.1, -0.05) is 5.16 Å². The molecule has 6 N–H and O–H groups in total. The van der Waals surface area contributed by atoms with Crippen molar-refractivity contribution < 1.29 is 18.1 Å². The molecule has 0 atom stereocenters. The number of halogens is 2. The zero-order chi connectivity index (χ0) is 22.0. The Morgan fingerprint density at radius 1 is 1.27 bits per heavy atom. The Bertz CT molecular complexity index is 1170. The van der Waals surface area contributed by atoms with E-state index in [0.29, 0.717) is 17.5 Å². The molecule has 0 radical (unpaired) electrons. The molecular weight excluding hydrogens is 394 g/mol. The highest BCUT2D eigenvalue weighted by atomic mass is 19.1. The Labute approximate surface area is 170 Å². The number of hydrogen-bond donors (Lipinski definition) is 5. The lowest BCUT2D eigenvalue weighted by atomic mass is 10.0. The summed E-state index contributed by atoms with van der Waals surface area (Å²) in [5.41, 5.74) is 6.58. The maximum absolute atomic E-state index is 14.7. The lowest BCUT2D eigenvalue weighted by Crippen LogP contribution is -2.18. The fraction of sp³-hybridized carbons (Fsp3) is 0.100. The molecular formula is C20H18F2N6O2. The van der Waals surface area contributed by atoms with Crippen LogP contribution in [0.15, 0.2) is 35.1 Å². The second-order valence-corrected chi connectivity index (χ2v) is 6.35. The molecule has 154 valence electrons. The van der Waals surface area contributed by atoms with E-state index in [1.807, 2.05) is 0 Å². The zero-order valence-corrected chi connectivity index (χ0v) is 16.1. The van der Waals surface area contributed by atoms with Crippen LogP contribution in [0.25, 0.3) is 0 Å². The van der Waals surface area contributed by atoms with E-state index in [2.05, 4.69) is 15.8 Å². The van der Waals surface area contributed by atoms with Crippen molar-refractivity contribution in [1.29, 1.82) is 10.8 Å². The van der Waals surface area contributed by atoms with Gasteiger partial charge in [0.1, 0.15) is 23.5 Å². The van der Waals surface area contributed by atoms with Crippen molar-refractivity contribution >= 4 is 34.9 Å². The SMILES string of the molecule is CNc1cc(F)c(C(=O)Nc2ccc(N)c(C(=N)c3conc3C)c2)c(F)c1C=N. The first-order valence-electron chi connectivity index (χ1n) is 8.69. The van der Waals surface area contributed by atoms with Crippen molar-refractivity contribution in [2.75, 3.05) is 23.4 Å². The second kappa shape index (κ2) is 8.11. The summed E-state index contributed by atoms with van der Waals surface area (Å²) in [5, 5.41) is 24.4. The van der Waals surface area contributed by atoms with Crippen LogP contribution in [0.5, 0.6) is 0 Å². The van der Waals surface area contributed by atoms with E-state index in [0.717, 1.165) is 6.07 Å². The third-order valence-electron chi connectivity index (χ3n) is 4.50. The first-order valence-corrected chi connectivity index (χ1v) is 8.69. The highest BCUT2D eigenvalue weighted by Crippen LogP contribution is 2.26. The minimum atomic E-state index is -1.16. The minimum absolute atomic E-state index is 0.0178. The van der Waals surface area contributed by atoms with Crippen LogP contribution in [0.4, 0.5) is 25.8 Å². The van der Waals surface area contributed by atoms with Crippen LogP contribution in [0.1, 0.15) is 32.7 Å². The van der Waals surface area contributed by atoms with E-state index in [9.17, 15) is 13.6 Å². The van der Waals surface area contributed by atoms with Crippen LogP contribution < -0.4 is 16.4 Å². The molecule has 2 aromatic carbocycles. The van der Waals surface area contributed by atoms with Gasteiger partial charge in [-0.2, -0.15) is 0 Å². The molecule has 3 rings (SSSR count). The van der Waals surface area contributed by atoms with Gasteiger partial charge < -0.3 is 26.3 Å². The van der Waals surface area contributed by atoms with Crippen LogP contribution in [0.2, 0.25) is 0 Å². The van der Waals surface area contributed by atoms with Gasteiger partial charge in [-0.15, -0.1) is 0 Å². The summed E-state index contributed by atoms with van der Waals surface area (Å²) in [7, 11) is 1.45. The molecule has 0 aliphatic rings. The van der Waals surface area contributed by atoms with Crippen molar-refractivity contribution in [3.63, 3.8) is 0 Å². The Balaban J connectivity index is 1.96. The molecule has 0 spiro atoms. The van der Waals surface area contributed by atoms with Crippen LogP contribution in [-0.4, -0.2) is 30.0 Å². The number of anilines is 3. The predicted octanol–water partition coefficient (Wildman–Crippen LogP) is 3.55. The van der Waals surface area contributed by atoms with Gasteiger partial charge in [-0.05, 0) is 31.2 Å². The molecule has 0 aliphatic heterocycles. The number of carbonyl (C=O) groups excluding carboxylic acids is 1. The number of carbonyl (C=O) groups is 1. The van der Waals surface area contributed by atoms with Crippen LogP contribution in [-0.2, 0) is 0 Å². The molecule has 1 heterocycles. The molecule has 0 saturated carbocycles. The highest BCUT2D eigenvalue weighted by molar-refractivity contribution is 6.15. The quantitative estimate of drug-likeness (QED) is 0.311. The maximum Gasteiger partial charge on any atom is 0.261 e. The average Bonchev–Trinajstić information content (AvgIpc) is 3.14. The molecule has 8 nitrogen and oxygen atoms in total. The molecule has 1 aromatic heterocycles. The average molecular weight is 412 g/mol. The Morgan fingerprint density at radius 3 is 2.60 bits per heavy atom. The van der Waals surface area contributed by atoms with Crippen molar-refractivity contribution in [2.24, 2.45) is 0 Å². The number of aromatic nitrogens is 1. The summed E-state index contributed by atoms with van der Waals surface area (Å²) in [5.74, 6) is -3.28. The standard InChI is InChI=1S/C20H18F2N6O2/c1-9-13(8-30-28-9)19(25)11-5-10(3-4-15(11)24)27-20(29)17-14(21)6-16(26-2)12(7-23)18(17)22/h3-8,23,25-26H,24H2,1-2H3,(H,27,29). The first-order chi connectivity index (χ1) is 14.3. The third kappa shape index (κ3) is 3.62. The molecule has 3 aromatic rings. The van der Waals surface area contributed by atoms with Gasteiger partial charge in [0.25, 0.3) is 5.91 Å². The van der Waals surface area contributed by atoms with Crippen LogP contribution in [0.3, 0.4) is 0 Å². The van der Waals surface area contributed by atoms with Crippen LogP contribution >= 0.6 is 0 Å². The molecule has 1 amide bonds. The summed E-state index contributed by atoms with van der Waals surface area (Å²) in [6.45, 7) is 1.66. The number of nitrogens with zero attached hydrogens (tertiary/aromatic N) is 1. The Hall–Kier alpha value is -4.08. The van der Waals surface area contributed by atoms with Gasteiger partial charge in [0.2, 0.25) is 0 Å². The number of nitrogens with two attached hydrogens (primary N) is 1. The smallest absolute Gasteiger partial charge is 0.261 e. The number of hydrogen-bond acceptors (Lipinski definition) is 7. The summed E-state index contributed by atoms with van der Waals surface area (Å²) in [6.07, 6.45) is 2.00. The monoisotopic (exact) mass is 412 g/mol. The van der Waals surface area contributed by atoms with E-state index in [1.165, 1.54) is 31.5 Å². The lowest BCUT2D eigenvalue weighted by Gasteiger charge is -2.13. The molecule has 10 heteroatoms. The Kier molecular flexibility index (Phi) is 5.58. The van der Waals surface area contributed by atoms with E-state index < -0.39 is 23.1 Å². The van der Waals surface area contributed by atoms with Gasteiger partial charge in [0.15, 0.2) is 0 Å². The van der Waals surface area contributed by atoms with Crippen molar-refractivity contribution in [2.45, 2.75) is 6.92 Å². The Morgan fingerprint density at radius 2 is 2.00 bits per heavy atom. The van der Waals surface area contributed by atoms with Gasteiger partial charge in [-0.25, -0.2) is 8.78 Å². The van der Waals surface area contributed by atoms with E-state index in [-0.39, 0.29) is 33.9 Å². The fourth-order valence-electron chi connectivity index (χ4n) is 2.91. The zero-order valence-electron chi connectivity index (χ0n) is 16.1. The number of amides is 1. The summed E-state index contributed by atoms with van der Waals surface area (Å²) >= 11 is 0. The number of rotatable bonds is 6. The van der Waals surface area contributed by atoms with Crippen LogP contribution in [0, 0.1) is 29.4 Å². The van der Waals surface area contributed by atoms with E-state index in [1.54, 1.807) is 6.92 Å². The normalized spacial score (nSPS) is 10.5. The first kappa shape index (κ1) is 20.6. The number of benzene rings is 2. The van der Waals surface area contributed by atoms with E-state index >= 15 is 0 Å². The lowest BCUT2D eigenvalue weighted by molar-refractivity contribution is 0.101. The summed E-state index contributed by atoms with van der Waals surface area (Å²) < 4.78 is 33.9. The van der Waals surface area contributed by atoms with Crippen molar-refractivity contribution in [3.05, 3.63) is 70.1 Å². The molecule has 0 unspecified atom stereocenters. The third-order valence-corrected chi connectivity index (χ3v) is 4.50. The van der Waals surface area contributed by atoms with E-state index in [4.69, 9.17) is 21.1 Å². The maximum atomic E-state index is 14.7. The highest BCUT2D eigenvalue weighted by Gasteiger charge is 2.23. The summed E-state index contributed by atoms with van der Waals surface area (Å²) in [4.78, 5) is 12.6. The van der Waals surface area contributed by atoms with Gasteiger partial charge in [0.05, 0.1) is 22.5 Å². The van der Waals surface area contributed by atoms with Gasteiger partial charge in [0, 0.05) is 35.9 Å². The fourth-order valence-corrected chi connectivity index (χ4v) is 2.91. The van der Waals surface area contributed by atoms with Gasteiger partial charge in [-0.3, -0.25) is 10.2 Å². The minimum Gasteiger partial charge on any atom is -0.398 e. The summed E-state index contributed by atoms with van der Waals surface area (Å²) in [6, 6.07) is 5.26. The molecule has 0 aliphatic carbocycles. The van der Waals surface area contributed by atoms with Crippen molar-refractivity contribution in [1.82, 2.24) is 5.16 Å². The second-order valence-electron chi connectivity index (χ2n) is 6.35. The van der Waals surface area contributed by atoms with Crippen molar-refractivity contribution in [3.8, 4) is 0 Å². The molecule has 0 saturated heterocycles.